The lowest BCUT2D eigenvalue weighted by atomic mass is 10.1. The van der Waals surface area contributed by atoms with E-state index in [2.05, 4.69) is 65.0 Å². The molecule has 1 aromatic heterocycles. The van der Waals surface area contributed by atoms with E-state index in [1.54, 1.807) is 0 Å². The molecule has 0 bridgehead atoms. The highest BCUT2D eigenvalue weighted by Crippen LogP contribution is 2.30. The zero-order chi connectivity index (χ0) is 11.1. The Hall–Kier alpha value is -0.810. The Morgan fingerprint density at radius 3 is 2.60 bits per heavy atom. The van der Waals surface area contributed by atoms with Gasteiger partial charge in [-0.25, -0.2) is 0 Å². The van der Waals surface area contributed by atoms with E-state index in [0.717, 1.165) is 6.42 Å². The Bertz CT molecular complexity index is 477. The summed E-state index contributed by atoms with van der Waals surface area (Å²) in [4.78, 5) is 0. The van der Waals surface area contributed by atoms with Crippen molar-refractivity contribution in [3.63, 3.8) is 0 Å². The number of hydrogen-bond donors (Lipinski definition) is 0. The van der Waals surface area contributed by atoms with Crippen LogP contribution in [0.15, 0.2) is 30.5 Å². The third kappa shape index (κ3) is 1.81. The highest BCUT2D eigenvalue weighted by Gasteiger charge is 2.15. The van der Waals surface area contributed by atoms with Crippen molar-refractivity contribution in [3.05, 3.63) is 36.0 Å². The van der Waals surface area contributed by atoms with Crippen LogP contribution in [0.1, 0.15) is 26.3 Å². The zero-order valence-electron chi connectivity index (χ0n) is 9.62. The molecule has 0 saturated heterocycles. The first-order chi connectivity index (χ1) is 7.04. The third-order valence-corrected chi connectivity index (χ3v) is 3.10. The van der Waals surface area contributed by atoms with Crippen LogP contribution in [0.4, 0.5) is 0 Å². The van der Waals surface area contributed by atoms with Crippen molar-refractivity contribution in [2.75, 3.05) is 0 Å². The molecular weight excluding hydrogens is 201 g/mol. The molecule has 0 amide bonds. The molecule has 80 valence electrons. The molecule has 0 aliphatic carbocycles. The normalized spacial score (nSPS) is 12.3. The number of aromatic nitrogens is 1. The number of aryl methyl sites for hydroxylation is 1. The molecule has 0 aliphatic rings. The molecule has 0 radical (unpaired) electrons. The number of benzene rings is 1. The summed E-state index contributed by atoms with van der Waals surface area (Å²) in [5, 5.41) is 1.46. The molecule has 1 atom stereocenters. The van der Waals surface area contributed by atoms with Crippen molar-refractivity contribution >= 4 is 20.1 Å². The molecule has 0 spiro atoms. The van der Waals surface area contributed by atoms with Gasteiger partial charge in [0.15, 0.2) is 0 Å². The number of hydrogen-bond acceptors (Lipinski definition) is 0. The van der Waals surface area contributed by atoms with Crippen molar-refractivity contribution in [2.24, 2.45) is 0 Å². The molecule has 0 aliphatic heterocycles. The lowest BCUT2D eigenvalue weighted by Crippen LogP contribution is -2.16. The first kappa shape index (κ1) is 10.7. The lowest BCUT2D eigenvalue weighted by Gasteiger charge is -2.22. The highest BCUT2D eigenvalue weighted by atomic mass is 31.0. The molecule has 2 heteroatoms. The summed E-state index contributed by atoms with van der Waals surface area (Å²) in [6, 6.07) is 8.77. The largest absolute Gasteiger partial charge is 0.339 e. The van der Waals surface area contributed by atoms with Crippen LogP contribution in [0.2, 0.25) is 0 Å². The van der Waals surface area contributed by atoms with Crippen molar-refractivity contribution in [1.82, 2.24) is 4.57 Å². The first-order valence-electron chi connectivity index (χ1n) is 5.42. The summed E-state index contributed by atoms with van der Waals surface area (Å²) >= 11 is 0. The Morgan fingerprint density at radius 2 is 2.00 bits per heavy atom. The van der Waals surface area contributed by atoms with Crippen LogP contribution in [0.25, 0.3) is 10.9 Å². The van der Waals surface area contributed by atoms with Crippen LogP contribution in [-0.2, 0) is 11.7 Å². The van der Waals surface area contributed by atoms with Crippen molar-refractivity contribution < 1.29 is 0 Å². The zero-order valence-corrected chi connectivity index (χ0v) is 10.8. The maximum Gasteiger partial charge on any atom is 0.0527 e. The average Bonchev–Trinajstić information content (AvgIpc) is 2.59. The summed E-state index contributed by atoms with van der Waals surface area (Å²) in [7, 11) is 2.89. The van der Waals surface area contributed by atoms with E-state index in [-0.39, 0.29) is 5.28 Å². The quantitative estimate of drug-likeness (QED) is 0.677. The van der Waals surface area contributed by atoms with Gasteiger partial charge >= 0.3 is 0 Å². The summed E-state index contributed by atoms with van der Waals surface area (Å²) in [6.45, 7) is 6.61. The second kappa shape index (κ2) is 3.64. The van der Waals surface area contributed by atoms with E-state index in [1.165, 1.54) is 16.5 Å². The van der Waals surface area contributed by atoms with Gasteiger partial charge in [-0.3, -0.25) is 0 Å². The van der Waals surface area contributed by atoms with Crippen LogP contribution in [0, 0.1) is 0 Å². The molecule has 2 rings (SSSR count). The van der Waals surface area contributed by atoms with Gasteiger partial charge < -0.3 is 4.57 Å². The van der Waals surface area contributed by atoms with Gasteiger partial charge in [-0.2, -0.15) is 0 Å². The molecule has 15 heavy (non-hydrogen) atoms. The van der Waals surface area contributed by atoms with Gasteiger partial charge in [0.2, 0.25) is 0 Å². The molecule has 1 heterocycles. The number of fused-ring (bicyclic) bond motifs is 1. The molecule has 0 saturated carbocycles. The summed E-state index contributed by atoms with van der Waals surface area (Å²) in [5.41, 5.74) is 2.76. The molecule has 1 aromatic carbocycles. The second-order valence-corrected chi connectivity index (χ2v) is 5.96. The molecule has 1 nitrogen and oxygen atoms in total. The summed E-state index contributed by atoms with van der Waals surface area (Å²) in [5.74, 6) is 0. The second-order valence-electron chi connectivity index (χ2n) is 4.54. The Labute approximate surface area is 93.7 Å². The standard InChI is InChI=1S/C13H18NP/c1-4-10-6-5-7-12-11(10)8-9-14(12)13(2,3)15/h5-9H,4,15H2,1-3H3. The van der Waals surface area contributed by atoms with Gasteiger partial charge in [0.1, 0.15) is 0 Å². The predicted molar refractivity (Wildman–Crippen MR) is 70.3 cm³/mol. The predicted octanol–water partition coefficient (Wildman–Crippen LogP) is 3.77. The van der Waals surface area contributed by atoms with Gasteiger partial charge in [0.25, 0.3) is 0 Å². The average molecular weight is 219 g/mol. The Kier molecular flexibility index (Phi) is 2.60. The summed E-state index contributed by atoms with van der Waals surface area (Å²) in [6.07, 6.45) is 3.27. The molecule has 2 aromatic rings. The maximum absolute atomic E-state index is 2.89. The minimum Gasteiger partial charge on any atom is -0.339 e. The Balaban J connectivity index is 2.72. The molecular formula is C13H18NP. The third-order valence-electron chi connectivity index (χ3n) is 2.83. The van der Waals surface area contributed by atoms with E-state index in [1.807, 2.05) is 0 Å². The molecule has 0 N–H and O–H groups in total. The smallest absolute Gasteiger partial charge is 0.0527 e. The minimum atomic E-state index is 0.0775. The van der Waals surface area contributed by atoms with Gasteiger partial charge in [0.05, 0.1) is 5.28 Å². The maximum atomic E-state index is 2.89. The van der Waals surface area contributed by atoms with Gasteiger partial charge in [-0.05, 0) is 38.0 Å². The molecule has 0 fully saturated rings. The highest BCUT2D eigenvalue weighted by molar-refractivity contribution is 7.17. The van der Waals surface area contributed by atoms with Gasteiger partial charge in [0, 0.05) is 17.1 Å². The van der Waals surface area contributed by atoms with Gasteiger partial charge in [-0.1, -0.05) is 19.1 Å². The minimum absolute atomic E-state index is 0.0775. The lowest BCUT2D eigenvalue weighted by molar-refractivity contribution is 0.556. The number of nitrogens with zero attached hydrogens (tertiary/aromatic N) is 1. The van der Waals surface area contributed by atoms with E-state index in [9.17, 15) is 0 Å². The van der Waals surface area contributed by atoms with Crippen LogP contribution in [0.5, 0.6) is 0 Å². The van der Waals surface area contributed by atoms with Crippen molar-refractivity contribution in [2.45, 2.75) is 32.5 Å². The fourth-order valence-corrected chi connectivity index (χ4v) is 2.27. The fourth-order valence-electron chi connectivity index (χ4n) is 2.04. The first-order valence-corrected chi connectivity index (χ1v) is 6.00. The molecule has 1 unspecified atom stereocenters. The van der Waals surface area contributed by atoms with Crippen LogP contribution in [0.3, 0.4) is 0 Å². The number of rotatable bonds is 2. The van der Waals surface area contributed by atoms with E-state index < -0.39 is 0 Å². The van der Waals surface area contributed by atoms with E-state index in [4.69, 9.17) is 0 Å². The van der Waals surface area contributed by atoms with Crippen molar-refractivity contribution in [3.8, 4) is 0 Å². The van der Waals surface area contributed by atoms with E-state index in [0.29, 0.717) is 0 Å². The fraction of sp³-hybridized carbons (Fsp3) is 0.385. The van der Waals surface area contributed by atoms with Crippen LogP contribution < -0.4 is 0 Å². The SMILES string of the molecule is CCc1cccc2c1ccn2C(C)(C)P. The van der Waals surface area contributed by atoms with Crippen LogP contribution in [-0.4, -0.2) is 4.57 Å². The van der Waals surface area contributed by atoms with E-state index >= 15 is 0 Å². The van der Waals surface area contributed by atoms with Gasteiger partial charge in [-0.15, -0.1) is 9.24 Å². The van der Waals surface area contributed by atoms with Crippen LogP contribution >= 0.6 is 9.24 Å². The topological polar surface area (TPSA) is 4.93 Å². The monoisotopic (exact) mass is 219 g/mol. The Morgan fingerprint density at radius 1 is 1.27 bits per heavy atom. The summed E-state index contributed by atoms with van der Waals surface area (Å²) < 4.78 is 2.31. The van der Waals surface area contributed by atoms with Crippen molar-refractivity contribution in [1.29, 1.82) is 0 Å².